The third-order valence-corrected chi connectivity index (χ3v) is 1.75. The Morgan fingerprint density at radius 2 is 2.09 bits per heavy atom. The Balaban J connectivity index is 3.82. The zero-order valence-corrected chi connectivity index (χ0v) is 7.42. The van der Waals surface area contributed by atoms with Gasteiger partial charge in [0, 0.05) is 0 Å². The summed E-state index contributed by atoms with van der Waals surface area (Å²) < 4.78 is 0. The van der Waals surface area contributed by atoms with E-state index in [2.05, 4.69) is 0 Å². The van der Waals surface area contributed by atoms with Gasteiger partial charge < -0.3 is 5.11 Å². The van der Waals surface area contributed by atoms with Crippen molar-refractivity contribution in [3.8, 4) is 0 Å². The van der Waals surface area contributed by atoms with Crippen LogP contribution < -0.4 is 0 Å². The molecule has 0 bridgehead atoms. The highest BCUT2D eigenvalue weighted by molar-refractivity contribution is 5.73. The lowest BCUT2D eigenvalue weighted by Crippen LogP contribution is -2.22. The van der Waals surface area contributed by atoms with Crippen LogP contribution in [0.3, 0.4) is 0 Å². The van der Waals surface area contributed by atoms with Gasteiger partial charge in [0.2, 0.25) is 0 Å². The molecule has 0 aromatic carbocycles. The molecule has 0 aliphatic rings. The summed E-state index contributed by atoms with van der Waals surface area (Å²) >= 11 is 0. The number of carbonyl (C=O) groups is 1. The lowest BCUT2D eigenvalue weighted by Gasteiger charge is -2.17. The lowest BCUT2D eigenvalue weighted by molar-refractivity contribution is -0.147. The Kier molecular flexibility index (Phi) is 3.86. The first-order valence-electron chi connectivity index (χ1n) is 3.85. The molecule has 0 aromatic rings. The molecule has 0 saturated carbocycles. The summed E-state index contributed by atoms with van der Waals surface area (Å²) in [5, 5.41) is 8.72. The molecule has 0 unspecified atom stereocenters. The van der Waals surface area contributed by atoms with Crippen LogP contribution in [0.25, 0.3) is 0 Å². The van der Waals surface area contributed by atoms with Crippen molar-refractivity contribution in [2.24, 2.45) is 5.41 Å². The largest absolute Gasteiger partial charge is 0.481 e. The molecular weight excluding hydrogens is 140 g/mol. The van der Waals surface area contributed by atoms with Crippen LogP contribution in [-0.4, -0.2) is 11.1 Å². The Morgan fingerprint density at radius 1 is 1.55 bits per heavy atom. The maximum Gasteiger partial charge on any atom is 0.309 e. The van der Waals surface area contributed by atoms with Crippen LogP contribution in [0.4, 0.5) is 0 Å². The van der Waals surface area contributed by atoms with E-state index in [4.69, 9.17) is 5.11 Å². The summed E-state index contributed by atoms with van der Waals surface area (Å²) in [6.45, 7) is 5.44. The highest BCUT2D eigenvalue weighted by Crippen LogP contribution is 2.22. The van der Waals surface area contributed by atoms with Gasteiger partial charge in [-0.1, -0.05) is 12.2 Å². The molecule has 0 aliphatic carbocycles. The molecule has 2 nitrogen and oxygen atoms in total. The summed E-state index contributed by atoms with van der Waals surface area (Å²) in [7, 11) is 0. The summed E-state index contributed by atoms with van der Waals surface area (Å²) in [4.78, 5) is 10.6. The summed E-state index contributed by atoms with van der Waals surface area (Å²) in [6.07, 6.45) is 5.48. The fourth-order valence-corrected chi connectivity index (χ4v) is 0.718. The molecule has 0 spiro atoms. The number of aliphatic carboxylic acids is 1. The summed E-state index contributed by atoms with van der Waals surface area (Å²) in [6, 6.07) is 0. The quantitative estimate of drug-likeness (QED) is 0.635. The predicted octanol–water partition coefficient (Wildman–Crippen LogP) is 2.45. The van der Waals surface area contributed by atoms with Gasteiger partial charge in [0.1, 0.15) is 0 Å². The van der Waals surface area contributed by atoms with E-state index in [1.807, 2.05) is 19.1 Å². The average molecular weight is 156 g/mol. The van der Waals surface area contributed by atoms with Gasteiger partial charge in [0.25, 0.3) is 0 Å². The van der Waals surface area contributed by atoms with Gasteiger partial charge in [-0.3, -0.25) is 4.79 Å². The number of carboxylic acid groups (broad SMARTS) is 1. The molecule has 0 aromatic heterocycles. The van der Waals surface area contributed by atoms with Crippen LogP contribution >= 0.6 is 0 Å². The molecule has 2 heteroatoms. The van der Waals surface area contributed by atoms with E-state index in [9.17, 15) is 4.79 Å². The van der Waals surface area contributed by atoms with Gasteiger partial charge >= 0.3 is 5.97 Å². The van der Waals surface area contributed by atoms with E-state index in [0.29, 0.717) is 6.42 Å². The maximum atomic E-state index is 10.6. The van der Waals surface area contributed by atoms with Crippen LogP contribution in [0.2, 0.25) is 0 Å². The highest BCUT2D eigenvalue weighted by Gasteiger charge is 2.25. The second-order valence-electron chi connectivity index (χ2n) is 3.30. The molecule has 0 aliphatic heterocycles. The Labute approximate surface area is 67.9 Å². The number of hydrogen-bond donors (Lipinski definition) is 1. The minimum atomic E-state index is -0.720. The maximum absolute atomic E-state index is 10.6. The molecule has 0 amide bonds. The monoisotopic (exact) mass is 156 g/mol. The van der Waals surface area contributed by atoms with Crippen molar-refractivity contribution in [3.63, 3.8) is 0 Å². The normalized spacial score (nSPS) is 12.3. The van der Waals surface area contributed by atoms with E-state index < -0.39 is 11.4 Å². The average Bonchev–Trinajstić information content (AvgIpc) is 1.88. The fourth-order valence-electron chi connectivity index (χ4n) is 0.718. The Hall–Kier alpha value is -0.790. The molecule has 1 N–H and O–H groups in total. The van der Waals surface area contributed by atoms with E-state index in [1.54, 1.807) is 13.8 Å². The molecule has 0 radical (unpaired) electrons. The smallest absolute Gasteiger partial charge is 0.309 e. The zero-order valence-electron chi connectivity index (χ0n) is 7.42. The van der Waals surface area contributed by atoms with Gasteiger partial charge in [-0.2, -0.15) is 0 Å². The first-order chi connectivity index (χ1) is 5.00. The second-order valence-corrected chi connectivity index (χ2v) is 3.30. The number of carboxylic acids is 1. The first-order valence-corrected chi connectivity index (χ1v) is 3.85. The standard InChI is InChI=1S/C9H16O2/c1-4-5-6-7-9(2,3)8(10)11/h4-5H,6-7H2,1-3H3,(H,10,11). The van der Waals surface area contributed by atoms with Gasteiger partial charge in [-0.05, 0) is 33.6 Å². The van der Waals surface area contributed by atoms with Crippen LogP contribution in [0.15, 0.2) is 12.2 Å². The highest BCUT2D eigenvalue weighted by atomic mass is 16.4. The molecule has 0 fully saturated rings. The van der Waals surface area contributed by atoms with E-state index in [-0.39, 0.29) is 0 Å². The molecule has 0 saturated heterocycles. The number of hydrogen-bond acceptors (Lipinski definition) is 1. The van der Waals surface area contributed by atoms with Crippen LogP contribution in [-0.2, 0) is 4.79 Å². The molecule has 0 rings (SSSR count). The first kappa shape index (κ1) is 10.2. The fraction of sp³-hybridized carbons (Fsp3) is 0.667. The van der Waals surface area contributed by atoms with Crippen molar-refractivity contribution < 1.29 is 9.90 Å². The van der Waals surface area contributed by atoms with Gasteiger partial charge in [0.15, 0.2) is 0 Å². The van der Waals surface area contributed by atoms with E-state index in [1.165, 1.54) is 0 Å². The number of allylic oxidation sites excluding steroid dienone is 2. The van der Waals surface area contributed by atoms with E-state index in [0.717, 1.165) is 6.42 Å². The molecular formula is C9H16O2. The van der Waals surface area contributed by atoms with Gasteiger partial charge in [-0.15, -0.1) is 0 Å². The molecule has 0 heterocycles. The minimum absolute atomic E-state index is 0.584. The van der Waals surface area contributed by atoms with Gasteiger partial charge in [-0.25, -0.2) is 0 Å². The van der Waals surface area contributed by atoms with Gasteiger partial charge in [0.05, 0.1) is 5.41 Å². The van der Waals surface area contributed by atoms with Crippen molar-refractivity contribution in [1.29, 1.82) is 0 Å². The summed E-state index contributed by atoms with van der Waals surface area (Å²) in [5.74, 6) is -0.720. The summed E-state index contributed by atoms with van der Waals surface area (Å²) in [5.41, 5.74) is -0.584. The zero-order chi connectivity index (χ0) is 8.91. The third-order valence-electron chi connectivity index (χ3n) is 1.75. The topological polar surface area (TPSA) is 37.3 Å². The van der Waals surface area contributed by atoms with Crippen molar-refractivity contribution >= 4 is 5.97 Å². The second kappa shape index (κ2) is 4.16. The number of rotatable bonds is 4. The third kappa shape index (κ3) is 3.81. The van der Waals surface area contributed by atoms with Crippen LogP contribution in [0, 0.1) is 5.41 Å². The molecule has 64 valence electrons. The van der Waals surface area contributed by atoms with Crippen molar-refractivity contribution in [2.45, 2.75) is 33.6 Å². The van der Waals surface area contributed by atoms with Crippen LogP contribution in [0.1, 0.15) is 33.6 Å². The van der Waals surface area contributed by atoms with E-state index >= 15 is 0 Å². The Bertz CT molecular complexity index is 157. The predicted molar refractivity (Wildman–Crippen MR) is 45.5 cm³/mol. The molecule has 0 atom stereocenters. The van der Waals surface area contributed by atoms with Crippen molar-refractivity contribution in [2.75, 3.05) is 0 Å². The lowest BCUT2D eigenvalue weighted by atomic mass is 9.88. The van der Waals surface area contributed by atoms with Crippen molar-refractivity contribution in [3.05, 3.63) is 12.2 Å². The minimum Gasteiger partial charge on any atom is -0.481 e. The SMILES string of the molecule is CC=CCCC(C)(C)C(=O)O. The van der Waals surface area contributed by atoms with Crippen LogP contribution in [0.5, 0.6) is 0 Å². The molecule has 11 heavy (non-hydrogen) atoms. The Morgan fingerprint density at radius 3 is 2.45 bits per heavy atom. The van der Waals surface area contributed by atoms with Crippen molar-refractivity contribution in [1.82, 2.24) is 0 Å².